The highest BCUT2D eigenvalue weighted by Gasteiger charge is 2.17. The summed E-state index contributed by atoms with van der Waals surface area (Å²) < 4.78 is 0. The molecule has 8 aromatic carbocycles. The van der Waals surface area contributed by atoms with Crippen molar-refractivity contribution in [2.24, 2.45) is 0 Å². The van der Waals surface area contributed by atoms with Crippen LogP contribution >= 0.6 is 0 Å². The predicted octanol–water partition coefficient (Wildman–Crippen LogP) is 13.5. The molecule has 0 saturated heterocycles. The molecule has 49 heavy (non-hydrogen) atoms. The van der Waals surface area contributed by atoms with Crippen LogP contribution in [0.25, 0.3) is 55.6 Å². The largest absolute Gasteiger partial charge is 0.310 e. The van der Waals surface area contributed by atoms with Gasteiger partial charge in [-0.2, -0.15) is 0 Å². The molecule has 0 N–H and O–H groups in total. The Labute approximate surface area is 289 Å². The lowest BCUT2D eigenvalue weighted by molar-refractivity contribution is 1.28. The Hall–Kier alpha value is -6.44. The summed E-state index contributed by atoms with van der Waals surface area (Å²) in [6, 6.07) is 75.9. The van der Waals surface area contributed by atoms with E-state index in [9.17, 15) is 0 Å². The molecule has 232 valence electrons. The van der Waals surface area contributed by atoms with Crippen molar-refractivity contribution in [2.75, 3.05) is 4.90 Å². The van der Waals surface area contributed by atoms with Gasteiger partial charge >= 0.3 is 0 Å². The molecule has 0 unspecified atom stereocenters. The quantitative estimate of drug-likeness (QED) is 0.162. The zero-order chi connectivity index (χ0) is 32.8. The number of hydrogen-bond acceptors (Lipinski definition) is 1. The van der Waals surface area contributed by atoms with Crippen molar-refractivity contribution in [3.8, 4) is 55.6 Å². The molecule has 0 amide bonds. The van der Waals surface area contributed by atoms with Crippen LogP contribution in [-0.2, 0) is 0 Å². The van der Waals surface area contributed by atoms with E-state index in [4.69, 9.17) is 0 Å². The zero-order valence-electron chi connectivity index (χ0n) is 27.2. The van der Waals surface area contributed by atoms with E-state index in [2.05, 4.69) is 217 Å². The first kappa shape index (κ1) is 29.9. The second-order valence-electron chi connectivity index (χ2n) is 12.2. The summed E-state index contributed by atoms with van der Waals surface area (Å²) in [5, 5.41) is 0. The third kappa shape index (κ3) is 6.31. The van der Waals surface area contributed by atoms with E-state index in [1.54, 1.807) is 0 Å². The minimum absolute atomic E-state index is 1.10. The Morgan fingerprint density at radius 1 is 0.204 bits per heavy atom. The SMILES string of the molecule is c1ccc(-c2ccc(N(c3ccc(-c4ccccc4)cc3)c3cccc(-c4ccccc4-c4ccccc4-c4ccccc4)c3)cc2)cc1. The van der Waals surface area contributed by atoms with Crippen molar-refractivity contribution in [1.82, 2.24) is 0 Å². The Kier molecular flexibility index (Phi) is 8.39. The van der Waals surface area contributed by atoms with Gasteiger partial charge in [0.15, 0.2) is 0 Å². The van der Waals surface area contributed by atoms with Gasteiger partial charge in [0.25, 0.3) is 0 Å². The van der Waals surface area contributed by atoms with Crippen LogP contribution in [0.4, 0.5) is 17.1 Å². The maximum Gasteiger partial charge on any atom is 0.0467 e. The molecule has 8 rings (SSSR count). The number of anilines is 3. The summed E-state index contributed by atoms with van der Waals surface area (Å²) in [6.45, 7) is 0. The Morgan fingerprint density at radius 3 is 1.02 bits per heavy atom. The molecule has 0 aromatic heterocycles. The second-order valence-corrected chi connectivity index (χ2v) is 12.2. The molecule has 1 nitrogen and oxygen atoms in total. The van der Waals surface area contributed by atoms with Crippen LogP contribution < -0.4 is 4.90 Å². The Balaban J connectivity index is 1.23. The van der Waals surface area contributed by atoms with Gasteiger partial charge in [0.05, 0.1) is 0 Å². The van der Waals surface area contributed by atoms with Gasteiger partial charge < -0.3 is 4.90 Å². The van der Waals surface area contributed by atoms with Crippen molar-refractivity contribution < 1.29 is 0 Å². The van der Waals surface area contributed by atoms with E-state index in [1.807, 2.05) is 0 Å². The van der Waals surface area contributed by atoms with Crippen molar-refractivity contribution >= 4 is 17.1 Å². The average Bonchev–Trinajstić information content (AvgIpc) is 3.20. The monoisotopic (exact) mass is 625 g/mol. The maximum atomic E-state index is 2.35. The third-order valence-electron chi connectivity index (χ3n) is 9.11. The van der Waals surface area contributed by atoms with E-state index >= 15 is 0 Å². The lowest BCUT2D eigenvalue weighted by Crippen LogP contribution is -2.10. The zero-order valence-corrected chi connectivity index (χ0v) is 27.2. The van der Waals surface area contributed by atoms with Gasteiger partial charge in [-0.15, -0.1) is 0 Å². The molecular weight excluding hydrogens is 591 g/mol. The van der Waals surface area contributed by atoms with E-state index in [0.29, 0.717) is 0 Å². The van der Waals surface area contributed by atoms with Crippen LogP contribution in [0.1, 0.15) is 0 Å². The highest BCUT2D eigenvalue weighted by molar-refractivity contribution is 5.93. The summed E-state index contributed by atoms with van der Waals surface area (Å²) in [6.07, 6.45) is 0. The molecule has 1 heteroatoms. The first-order chi connectivity index (χ1) is 24.3. The molecule has 8 aromatic rings. The Morgan fingerprint density at radius 2 is 0.551 bits per heavy atom. The number of hydrogen-bond donors (Lipinski definition) is 0. The molecular formula is C48H35N. The van der Waals surface area contributed by atoms with Crippen LogP contribution in [0, 0.1) is 0 Å². The molecule has 0 aliphatic rings. The normalized spacial score (nSPS) is 10.9. The van der Waals surface area contributed by atoms with Crippen molar-refractivity contribution in [3.05, 3.63) is 212 Å². The summed E-state index contributed by atoms with van der Waals surface area (Å²) >= 11 is 0. The van der Waals surface area contributed by atoms with Crippen molar-refractivity contribution in [3.63, 3.8) is 0 Å². The fourth-order valence-electron chi connectivity index (χ4n) is 6.68. The average molecular weight is 626 g/mol. The van der Waals surface area contributed by atoms with Gasteiger partial charge in [0.1, 0.15) is 0 Å². The van der Waals surface area contributed by atoms with Gasteiger partial charge in [-0.1, -0.05) is 176 Å². The molecule has 0 radical (unpaired) electrons. The minimum Gasteiger partial charge on any atom is -0.310 e. The summed E-state index contributed by atoms with van der Waals surface area (Å²) in [4.78, 5) is 2.35. The molecule has 0 aliphatic carbocycles. The van der Waals surface area contributed by atoms with Crippen molar-refractivity contribution in [1.29, 1.82) is 0 Å². The van der Waals surface area contributed by atoms with E-state index in [0.717, 1.165) is 17.1 Å². The molecule has 0 atom stereocenters. The third-order valence-corrected chi connectivity index (χ3v) is 9.11. The minimum atomic E-state index is 1.10. The first-order valence-corrected chi connectivity index (χ1v) is 16.8. The highest BCUT2D eigenvalue weighted by Crippen LogP contribution is 2.41. The number of rotatable bonds is 8. The van der Waals surface area contributed by atoms with E-state index < -0.39 is 0 Å². The van der Waals surface area contributed by atoms with E-state index in [1.165, 1.54) is 55.6 Å². The Bertz CT molecular complexity index is 2210. The number of benzene rings is 8. The molecule has 0 fully saturated rings. The van der Waals surface area contributed by atoms with Crippen LogP contribution in [0.2, 0.25) is 0 Å². The first-order valence-electron chi connectivity index (χ1n) is 16.8. The van der Waals surface area contributed by atoms with Gasteiger partial charge in [0.2, 0.25) is 0 Å². The molecule has 0 heterocycles. The van der Waals surface area contributed by atoms with Gasteiger partial charge in [0, 0.05) is 17.1 Å². The number of nitrogens with zero attached hydrogens (tertiary/aromatic N) is 1. The lowest BCUT2D eigenvalue weighted by Gasteiger charge is -2.27. The fraction of sp³-hybridized carbons (Fsp3) is 0. The summed E-state index contributed by atoms with van der Waals surface area (Å²) in [5.74, 6) is 0. The molecule has 0 aliphatic heterocycles. The van der Waals surface area contributed by atoms with E-state index in [-0.39, 0.29) is 0 Å². The maximum absolute atomic E-state index is 2.35. The fourth-order valence-corrected chi connectivity index (χ4v) is 6.68. The molecule has 0 spiro atoms. The van der Waals surface area contributed by atoms with Gasteiger partial charge in [-0.3, -0.25) is 0 Å². The lowest BCUT2D eigenvalue weighted by atomic mass is 9.89. The van der Waals surface area contributed by atoms with Gasteiger partial charge in [-0.05, 0) is 92.0 Å². The van der Waals surface area contributed by atoms with Crippen LogP contribution in [-0.4, -0.2) is 0 Å². The van der Waals surface area contributed by atoms with Crippen LogP contribution in [0.15, 0.2) is 212 Å². The summed E-state index contributed by atoms with van der Waals surface area (Å²) in [7, 11) is 0. The molecule has 0 bridgehead atoms. The van der Waals surface area contributed by atoms with Crippen molar-refractivity contribution in [2.45, 2.75) is 0 Å². The predicted molar refractivity (Wildman–Crippen MR) is 208 cm³/mol. The topological polar surface area (TPSA) is 3.24 Å². The van der Waals surface area contributed by atoms with Crippen LogP contribution in [0.5, 0.6) is 0 Å². The van der Waals surface area contributed by atoms with Gasteiger partial charge in [-0.25, -0.2) is 0 Å². The summed E-state index contributed by atoms with van der Waals surface area (Å²) in [5.41, 5.74) is 15.4. The van der Waals surface area contributed by atoms with Crippen LogP contribution in [0.3, 0.4) is 0 Å². The second kappa shape index (κ2) is 13.7. The smallest absolute Gasteiger partial charge is 0.0467 e. The highest BCUT2D eigenvalue weighted by atomic mass is 15.1. The molecule has 0 saturated carbocycles. The standard InChI is InChI=1S/C48H35N/c1-4-15-36(16-5-1)38-27-31-42(32-28-38)49(43-33-29-39(30-34-43)37-17-6-2-7-18-37)44-22-14-21-41(35-44)46-24-11-13-26-48(46)47-25-12-10-23-45(47)40-19-8-3-9-20-40/h1-35H.